The fourth-order valence-electron chi connectivity index (χ4n) is 2.56. The molecular formula is C17H18N2. The van der Waals surface area contributed by atoms with Crippen molar-refractivity contribution in [3.8, 4) is 0 Å². The molecule has 2 nitrogen and oxygen atoms in total. The van der Waals surface area contributed by atoms with Gasteiger partial charge < -0.3 is 4.57 Å². The van der Waals surface area contributed by atoms with Crippen molar-refractivity contribution in [1.29, 1.82) is 0 Å². The molecule has 3 aromatic rings. The zero-order valence-corrected chi connectivity index (χ0v) is 11.6. The smallest absolute Gasteiger partial charge is 0.116 e. The predicted octanol–water partition coefficient (Wildman–Crippen LogP) is 4.03. The summed E-state index contributed by atoms with van der Waals surface area (Å²) in [5.74, 6) is 1.42. The molecular weight excluding hydrogens is 232 g/mol. The average Bonchev–Trinajstić information content (AvgIpc) is 2.77. The van der Waals surface area contributed by atoms with Crippen LogP contribution >= 0.6 is 0 Å². The van der Waals surface area contributed by atoms with Gasteiger partial charge in [0.05, 0.1) is 11.0 Å². The molecule has 0 amide bonds. The Hall–Kier alpha value is -2.09. The first-order chi connectivity index (χ1) is 9.16. The lowest BCUT2D eigenvalue weighted by Crippen LogP contribution is -2.04. The molecule has 1 heterocycles. The van der Waals surface area contributed by atoms with Gasteiger partial charge in [-0.25, -0.2) is 4.98 Å². The molecule has 2 aromatic carbocycles. The Labute approximate surface area is 113 Å². The molecule has 19 heavy (non-hydrogen) atoms. The second-order valence-corrected chi connectivity index (χ2v) is 5.15. The molecule has 3 rings (SSSR count). The minimum Gasteiger partial charge on any atom is -0.331 e. The summed E-state index contributed by atoms with van der Waals surface area (Å²) < 4.78 is 2.19. The van der Waals surface area contributed by atoms with E-state index in [0.717, 1.165) is 11.3 Å². The van der Waals surface area contributed by atoms with Crippen LogP contribution in [0.1, 0.15) is 29.8 Å². The standard InChI is InChI=1S/C17H18N2/c1-12-8-10-14(11-9-12)13(2)17-18-15-6-4-5-7-16(15)19(17)3/h4-11,13H,1-3H3. The van der Waals surface area contributed by atoms with Crippen molar-refractivity contribution in [1.82, 2.24) is 9.55 Å². The minimum absolute atomic E-state index is 0.304. The van der Waals surface area contributed by atoms with Crippen LogP contribution < -0.4 is 0 Å². The molecule has 1 atom stereocenters. The fourth-order valence-corrected chi connectivity index (χ4v) is 2.56. The maximum Gasteiger partial charge on any atom is 0.116 e. The van der Waals surface area contributed by atoms with Crippen molar-refractivity contribution >= 4 is 11.0 Å². The van der Waals surface area contributed by atoms with Crippen LogP contribution in [0.2, 0.25) is 0 Å². The van der Waals surface area contributed by atoms with Gasteiger partial charge in [0.15, 0.2) is 0 Å². The third-order valence-electron chi connectivity index (χ3n) is 3.79. The number of aromatic nitrogens is 2. The number of para-hydroxylation sites is 2. The van der Waals surface area contributed by atoms with E-state index in [2.05, 4.69) is 67.9 Å². The van der Waals surface area contributed by atoms with E-state index in [0.29, 0.717) is 5.92 Å². The Kier molecular flexibility index (Phi) is 2.86. The zero-order chi connectivity index (χ0) is 13.4. The monoisotopic (exact) mass is 250 g/mol. The van der Waals surface area contributed by atoms with Gasteiger partial charge in [-0.05, 0) is 24.6 Å². The van der Waals surface area contributed by atoms with E-state index in [-0.39, 0.29) is 0 Å². The van der Waals surface area contributed by atoms with Crippen LogP contribution in [0.4, 0.5) is 0 Å². The van der Waals surface area contributed by atoms with Crippen LogP contribution in [-0.2, 0) is 7.05 Å². The Morgan fingerprint density at radius 2 is 1.68 bits per heavy atom. The molecule has 0 saturated heterocycles. The topological polar surface area (TPSA) is 17.8 Å². The summed E-state index contributed by atoms with van der Waals surface area (Å²) in [6, 6.07) is 17.0. The van der Waals surface area contributed by atoms with Crippen molar-refractivity contribution in [2.45, 2.75) is 19.8 Å². The summed E-state index contributed by atoms with van der Waals surface area (Å²) >= 11 is 0. The van der Waals surface area contributed by atoms with Gasteiger partial charge in [-0.2, -0.15) is 0 Å². The molecule has 0 bridgehead atoms. The molecule has 0 fully saturated rings. The predicted molar refractivity (Wildman–Crippen MR) is 79.4 cm³/mol. The summed E-state index contributed by atoms with van der Waals surface area (Å²) in [6.45, 7) is 4.33. The first-order valence-corrected chi connectivity index (χ1v) is 6.65. The summed E-state index contributed by atoms with van der Waals surface area (Å²) in [7, 11) is 2.09. The Morgan fingerprint density at radius 3 is 2.37 bits per heavy atom. The first-order valence-electron chi connectivity index (χ1n) is 6.65. The lowest BCUT2D eigenvalue weighted by molar-refractivity contribution is 0.752. The molecule has 0 saturated carbocycles. The Balaban J connectivity index is 2.08. The van der Waals surface area contributed by atoms with Crippen LogP contribution in [-0.4, -0.2) is 9.55 Å². The van der Waals surface area contributed by atoms with E-state index in [1.54, 1.807) is 0 Å². The van der Waals surface area contributed by atoms with E-state index in [4.69, 9.17) is 4.98 Å². The summed E-state index contributed by atoms with van der Waals surface area (Å²) in [5, 5.41) is 0. The third-order valence-corrected chi connectivity index (χ3v) is 3.79. The van der Waals surface area contributed by atoms with Crippen molar-refractivity contribution in [2.24, 2.45) is 7.05 Å². The van der Waals surface area contributed by atoms with E-state index in [1.165, 1.54) is 16.6 Å². The van der Waals surface area contributed by atoms with Crippen molar-refractivity contribution in [3.05, 3.63) is 65.5 Å². The first kappa shape index (κ1) is 12.0. The van der Waals surface area contributed by atoms with Crippen molar-refractivity contribution in [3.63, 3.8) is 0 Å². The number of hydrogen-bond donors (Lipinski definition) is 0. The largest absolute Gasteiger partial charge is 0.331 e. The van der Waals surface area contributed by atoms with Gasteiger partial charge in [-0.3, -0.25) is 0 Å². The second-order valence-electron chi connectivity index (χ2n) is 5.15. The molecule has 96 valence electrons. The highest BCUT2D eigenvalue weighted by atomic mass is 15.1. The fraction of sp³-hybridized carbons (Fsp3) is 0.235. The van der Waals surface area contributed by atoms with Crippen LogP contribution in [0.5, 0.6) is 0 Å². The summed E-state index contributed by atoms with van der Waals surface area (Å²) in [5.41, 5.74) is 4.86. The number of aryl methyl sites for hydroxylation is 2. The van der Waals surface area contributed by atoms with Crippen LogP contribution in [0, 0.1) is 6.92 Å². The minimum atomic E-state index is 0.304. The van der Waals surface area contributed by atoms with Crippen molar-refractivity contribution < 1.29 is 0 Å². The van der Waals surface area contributed by atoms with Gasteiger partial charge in [0.25, 0.3) is 0 Å². The molecule has 1 unspecified atom stereocenters. The highest BCUT2D eigenvalue weighted by molar-refractivity contribution is 5.76. The molecule has 2 heteroatoms. The maximum atomic E-state index is 4.77. The van der Waals surface area contributed by atoms with Crippen LogP contribution in [0.3, 0.4) is 0 Å². The van der Waals surface area contributed by atoms with Gasteiger partial charge in [-0.1, -0.05) is 48.9 Å². The van der Waals surface area contributed by atoms with Gasteiger partial charge in [-0.15, -0.1) is 0 Å². The highest BCUT2D eigenvalue weighted by Gasteiger charge is 2.15. The van der Waals surface area contributed by atoms with Crippen LogP contribution in [0.25, 0.3) is 11.0 Å². The zero-order valence-electron chi connectivity index (χ0n) is 11.6. The molecule has 0 N–H and O–H groups in total. The number of nitrogens with zero attached hydrogens (tertiary/aromatic N) is 2. The van der Waals surface area contributed by atoms with Crippen LogP contribution in [0.15, 0.2) is 48.5 Å². The number of rotatable bonds is 2. The molecule has 0 spiro atoms. The van der Waals surface area contributed by atoms with Gasteiger partial charge in [0.1, 0.15) is 5.82 Å². The number of imidazole rings is 1. The van der Waals surface area contributed by atoms with Gasteiger partial charge >= 0.3 is 0 Å². The maximum absolute atomic E-state index is 4.77. The summed E-state index contributed by atoms with van der Waals surface area (Å²) in [6.07, 6.45) is 0. The number of hydrogen-bond acceptors (Lipinski definition) is 1. The molecule has 0 aliphatic carbocycles. The second kappa shape index (κ2) is 4.54. The molecule has 0 radical (unpaired) electrons. The van der Waals surface area contributed by atoms with E-state index in [1.807, 2.05) is 6.07 Å². The SMILES string of the molecule is Cc1ccc(C(C)c2nc3ccccc3n2C)cc1. The molecule has 0 aliphatic rings. The Bertz CT molecular complexity index is 708. The summed E-state index contributed by atoms with van der Waals surface area (Å²) in [4.78, 5) is 4.77. The lowest BCUT2D eigenvalue weighted by atomic mass is 9.99. The normalized spacial score (nSPS) is 12.8. The van der Waals surface area contributed by atoms with Crippen molar-refractivity contribution in [2.75, 3.05) is 0 Å². The molecule has 1 aromatic heterocycles. The van der Waals surface area contributed by atoms with E-state index >= 15 is 0 Å². The quantitative estimate of drug-likeness (QED) is 0.671. The van der Waals surface area contributed by atoms with Gasteiger partial charge in [0, 0.05) is 13.0 Å². The highest BCUT2D eigenvalue weighted by Crippen LogP contribution is 2.26. The lowest BCUT2D eigenvalue weighted by Gasteiger charge is -2.12. The van der Waals surface area contributed by atoms with E-state index in [9.17, 15) is 0 Å². The van der Waals surface area contributed by atoms with Gasteiger partial charge in [0.2, 0.25) is 0 Å². The third kappa shape index (κ3) is 2.03. The number of benzene rings is 2. The Morgan fingerprint density at radius 1 is 1.00 bits per heavy atom. The van der Waals surface area contributed by atoms with E-state index < -0.39 is 0 Å². The number of fused-ring (bicyclic) bond motifs is 1. The molecule has 0 aliphatic heterocycles. The average molecular weight is 250 g/mol.